The van der Waals surface area contributed by atoms with Gasteiger partial charge in [-0.2, -0.15) is 0 Å². The number of amides is 1. The highest BCUT2D eigenvalue weighted by molar-refractivity contribution is 6.30. The summed E-state index contributed by atoms with van der Waals surface area (Å²) in [7, 11) is 1.75. The normalized spacial score (nSPS) is 14.6. The van der Waals surface area contributed by atoms with Gasteiger partial charge in [0.25, 0.3) is 0 Å². The van der Waals surface area contributed by atoms with Crippen molar-refractivity contribution in [1.29, 1.82) is 0 Å². The number of anilines is 1. The maximum absolute atomic E-state index is 11.8. The molecule has 0 aromatic heterocycles. The molecule has 0 atom stereocenters. The lowest BCUT2D eigenvalue weighted by molar-refractivity contribution is -0.117. The summed E-state index contributed by atoms with van der Waals surface area (Å²) in [6.07, 6.45) is 1.59. The van der Waals surface area contributed by atoms with E-state index in [0.717, 1.165) is 40.8 Å². The van der Waals surface area contributed by atoms with E-state index in [1.165, 1.54) is 0 Å². The van der Waals surface area contributed by atoms with Crippen LogP contribution < -0.4 is 15.5 Å². The van der Waals surface area contributed by atoms with Crippen LogP contribution in [0.25, 0.3) is 0 Å². The van der Waals surface area contributed by atoms with Gasteiger partial charge >= 0.3 is 0 Å². The molecule has 3 rings (SSSR count). The summed E-state index contributed by atoms with van der Waals surface area (Å²) in [5.41, 5.74) is 3.20. The van der Waals surface area contributed by atoms with Gasteiger partial charge in [-0.25, -0.2) is 0 Å². The molecule has 0 bridgehead atoms. The summed E-state index contributed by atoms with van der Waals surface area (Å²) in [5.74, 6) is 0.935. The van der Waals surface area contributed by atoms with E-state index in [2.05, 4.69) is 15.6 Å². The van der Waals surface area contributed by atoms with Gasteiger partial charge in [0.1, 0.15) is 0 Å². The van der Waals surface area contributed by atoms with Crippen molar-refractivity contribution in [2.24, 2.45) is 4.99 Å². The second-order valence-electron chi connectivity index (χ2n) is 6.22. The molecule has 1 heterocycles. The molecule has 0 unspecified atom stereocenters. The second-order valence-corrected chi connectivity index (χ2v) is 6.66. The topological polar surface area (TPSA) is 56.7 Å². The van der Waals surface area contributed by atoms with Crippen LogP contribution in [0.15, 0.2) is 53.5 Å². The van der Waals surface area contributed by atoms with Crippen molar-refractivity contribution in [3.05, 3.63) is 64.7 Å². The van der Waals surface area contributed by atoms with Gasteiger partial charge in [-0.15, -0.1) is 0 Å². The number of carbonyl (C=O) groups excluding carboxylic acids is 1. The van der Waals surface area contributed by atoms with Crippen molar-refractivity contribution in [3.63, 3.8) is 0 Å². The minimum Gasteiger partial charge on any atom is -0.352 e. The van der Waals surface area contributed by atoms with E-state index in [1.54, 1.807) is 7.05 Å². The fourth-order valence-corrected chi connectivity index (χ4v) is 3.17. The Labute approximate surface area is 159 Å². The molecule has 5 nitrogen and oxygen atoms in total. The van der Waals surface area contributed by atoms with Gasteiger partial charge in [-0.3, -0.25) is 9.79 Å². The summed E-state index contributed by atoms with van der Waals surface area (Å²) in [6, 6.07) is 15.8. The summed E-state index contributed by atoms with van der Waals surface area (Å²) in [4.78, 5) is 17.9. The molecule has 1 saturated heterocycles. The van der Waals surface area contributed by atoms with E-state index in [0.29, 0.717) is 19.5 Å². The molecule has 1 aliphatic rings. The maximum Gasteiger partial charge on any atom is 0.227 e. The van der Waals surface area contributed by atoms with Crippen LogP contribution in [-0.2, 0) is 17.9 Å². The number of hydrogen-bond donors (Lipinski definition) is 2. The second kappa shape index (κ2) is 8.72. The van der Waals surface area contributed by atoms with Gasteiger partial charge < -0.3 is 15.5 Å². The van der Waals surface area contributed by atoms with E-state index in [1.807, 2.05) is 53.4 Å². The molecule has 1 aliphatic heterocycles. The van der Waals surface area contributed by atoms with Gasteiger partial charge in [-0.1, -0.05) is 35.9 Å². The molecular weight excluding hydrogens is 348 g/mol. The minimum absolute atomic E-state index is 0.210. The number of rotatable bonds is 5. The van der Waals surface area contributed by atoms with Gasteiger partial charge in [0.2, 0.25) is 5.91 Å². The third kappa shape index (κ3) is 4.76. The van der Waals surface area contributed by atoms with Crippen LogP contribution in [0.2, 0.25) is 5.02 Å². The Morgan fingerprint density at radius 2 is 1.85 bits per heavy atom. The zero-order valence-corrected chi connectivity index (χ0v) is 15.6. The van der Waals surface area contributed by atoms with Crippen LogP contribution in [0.4, 0.5) is 5.69 Å². The van der Waals surface area contributed by atoms with Crippen molar-refractivity contribution >= 4 is 29.2 Å². The number of guanidine groups is 1. The third-order valence-electron chi connectivity index (χ3n) is 4.35. The Balaban J connectivity index is 1.51. The monoisotopic (exact) mass is 370 g/mol. The molecule has 2 aromatic carbocycles. The van der Waals surface area contributed by atoms with E-state index < -0.39 is 0 Å². The fraction of sp³-hybridized carbons (Fsp3) is 0.300. The summed E-state index contributed by atoms with van der Waals surface area (Å²) in [6.45, 7) is 2.12. The van der Waals surface area contributed by atoms with Crippen LogP contribution in [0, 0.1) is 0 Å². The summed E-state index contributed by atoms with van der Waals surface area (Å²) < 4.78 is 0. The fourth-order valence-electron chi connectivity index (χ4n) is 2.95. The first-order valence-corrected chi connectivity index (χ1v) is 9.12. The largest absolute Gasteiger partial charge is 0.352 e. The number of halogens is 1. The summed E-state index contributed by atoms with van der Waals surface area (Å²) >= 11 is 6.01. The molecular formula is C20H23ClN4O. The van der Waals surface area contributed by atoms with Gasteiger partial charge in [0.05, 0.1) is 0 Å². The number of aliphatic imine (C=N–C) groups is 1. The van der Waals surface area contributed by atoms with E-state index in [4.69, 9.17) is 11.6 Å². The first-order chi connectivity index (χ1) is 12.7. The molecule has 2 aromatic rings. The minimum atomic E-state index is 0.210. The first-order valence-electron chi connectivity index (χ1n) is 8.74. The van der Waals surface area contributed by atoms with Crippen LogP contribution in [0.5, 0.6) is 0 Å². The maximum atomic E-state index is 11.8. The van der Waals surface area contributed by atoms with E-state index >= 15 is 0 Å². The third-order valence-corrected chi connectivity index (χ3v) is 4.59. The molecule has 2 N–H and O–H groups in total. The first kappa shape index (κ1) is 18.3. The molecule has 0 spiro atoms. The molecule has 1 amide bonds. The van der Waals surface area contributed by atoms with Crippen molar-refractivity contribution in [3.8, 4) is 0 Å². The molecule has 6 heteroatoms. The number of benzene rings is 2. The zero-order chi connectivity index (χ0) is 18.4. The number of carbonyl (C=O) groups is 1. The molecule has 1 fully saturated rings. The average Bonchev–Trinajstić information content (AvgIpc) is 3.08. The van der Waals surface area contributed by atoms with Crippen molar-refractivity contribution in [2.45, 2.75) is 25.9 Å². The predicted octanol–water partition coefficient (Wildman–Crippen LogP) is 3.33. The van der Waals surface area contributed by atoms with E-state index in [-0.39, 0.29) is 5.91 Å². The molecule has 0 aliphatic carbocycles. The highest BCUT2D eigenvalue weighted by Gasteiger charge is 2.21. The highest BCUT2D eigenvalue weighted by Crippen LogP contribution is 2.21. The Bertz CT molecular complexity index is 789. The SMILES string of the molecule is CN=C(NCc1ccc(N2CCCC2=O)cc1)NCc1cccc(Cl)c1. The standard InChI is InChI=1S/C20H23ClN4O/c1-22-20(24-14-16-4-2-5-17(21)12-16)23-13-15-7-9-18(10-8-15)25-11-3-6-19(25)26/h2,4-5,7-10,12H,3,6,11,13-14H2,1H3,(H2,22,23,24). The molecule has 26 heavy (non-hydrogen) atoms. The van der Waals surface area contributed by atoms with Crippen molar-refractivity contribution in [2.75, 3.05) is 18.5 Å². The van der Waals surface area contributed by atoms with Crippen LogP contribution >= 0.6 is 11.6 Å². The van der Waals surface area contributed by atoms with Crippen molar-refractivity contribution in [1.82, 2.24) is 10.6 Å². The van der Waals surface area contributed by atoms with Crippen LogP contribution in [0.3, 0.4) is 0 Å². The smallest absolute Gasteiger partial charge is 0.227 e. The number of nitrogens with zero attached hydrogens (tertiary/aromatic N) is 2. The Hall–Kier alpha value is -2.53. The number of hydrogen-bond acceptors (Lipinski definition) is 2. The lowest BCUT2D eigenvalue weighted by Crippen LogP contribution is -2.36. The quantitative estimate of drug-likeness (QED) is 0.627. The lowest BCUT2D eigenvalue weighted by Gasteiger charge is -2.16. The lowest BCUT2D eigenvalue weighted by atomic mass is 10.2. The number of nitrogens with one attached hydrogen (secondary N) is 2. The predicted molar refractivity (Wildman–Crippen MR) is 107 cm³/mol. The molecule has 0 radical (unpaired) electrons. The van der Waals surface area contributed by atoms with Gasteiger partial charge in [0, 0.05) is 43.8 Å². The van der Waals surface area contributed by atoms with Gasteiger partial charge in [-0.05, 0) is 41.8 Å². The van der Waals surface area contributed by atoms with Crippen molar-refractivity contribution < 1.29 is 4.79 Å². The molecule has 136 valence electrons. The van der Waals surface area contributed by atoms with E-state index in [9.17, 15) is 4.79 Å². The van der Waals surface area contributed by atoms with Gasteiger partial charge in [0.15, 0.2) is 5.96 Å². The van der Waals surface area contributed by atoms with Crippen LogP contribution in [-0.4, -0.2) is 25.5 Å². The molecule has 0 saturated carbocycles. The summed E-state index contributed by atoms with van der Waals surface area (Å²) in [5, 5.41) is 7.29. The Kier molecular flexibility index (Phi) is 6.12. The average molecular weight is 371 g/mol. The Morgan fingerprint density at radius 3 is 2.46 bits per heavy atom. The highest BCUT2D eigenvalue weighted by atomic mass is 35.5. The van der Waals surface area contributed by atoms with Crippen LogP contribution in [0.1, 0.15) is 24.0 Å². The zero-order valence-electron chi connectivity index (χ0n) is 14.8. The Morgan fingerprint density at radius 1 is 1.12 bits per heavy atom.